The zero-order valence-corrected chi connectivity index (χ0v) is 10.7. The van der Waals surface area contributed by atoms with Crippen molar-refractivity contribution in [2.45, 2.75) is 17.3 Å². The minimum absolute atomic E-state index is 0.270. The third-order valence-electron chi connectivity index (χ3n) is 2.16. The minimum Gasteiger partial charge on any atom is -0.468 e. The van der Waals surface area contributed by atoms with Crippen LogP contribution in [0.25, 0.3) is 0 Å². The van der Waals surface area contributed by atoms with E-state index in [1.54, 1.807) is 29.4 Å². The van der Waals surface area contributed by atoms with Crippen molar-refractivity contribution in [3.05, 3.63) is 35.7 Å². The highest BCUT2D eigenvalue weighted by atomic mass is 32.2. The van der Waals surface area contributed by atoms with Crippen molar-refractivity contribution >= 4 is 23.1 Å². The Balaban J connectivity index is 1.65. The molecule has 3 nitrogen and oxygen atoms in total. The lowest BCUT2D eigenvalue weighted by molar-refractivity contribution is 0.438. The Morgan fingerprint density at radius 2 is 2.56 bits per heavy atom. The molecule has 1 atom stereocenters. The minimum atomic E-state index is 0.270. The molecule has 2 aromatic rings. The molecule has 2 heterocycles. The smallest absolute Gasteiger partial charge is 0.149 e. The van der Waals surface area contributed by atoms with Gasteiger partial charge in [-0.15, -0.1) is 11.3 Å². The third-order valence-corrected chi connectivity index (χ3v) is 4.13. The van der Waals surface area contributed by atoms with Gasteiger partial charge in [0.2, 0.25) is 0 Å². The van der Waals surface area contributed by atoms with E-state index in [1.807, 2.05) is 23.7 Å². The van der Waals surface area contributed by atoms with Crippen molar-refractivity contribution in [2.75, 3.05) is 12.3 Å². The van der Waals surface area contributed by atoms with Crippen LogP contribution < -0.4 is 5.32 Å². The standard InChI is InChI=1S/C11H14N2OS2/c1-9(10-3-2-6-14-10)12-4-7-15-11-13-5-8-16-11/h2-3,5-6,8-9,12H,4,7H2,1H3. The van der Waals surface area contributed by atoms with Gasteiger partial charge in [-0.25, -0.2) is 4.98 Å². The molecule has 0 saturated heterocycles. The summed E-state index contributed by atoms with van der Waals surface area (Å²) in [6, 6.07) is 4.18. The van der Waals surface area contributed by atoms with Crippen molar-refractivity contribution in [3.8, 4) is 0 Å². The summed E-state index contributed by atoms with van der Waals surface area (Å²) in [7, 11) is 0. The fourth-order valence-electron chi connectivity index (χ4n) is 1.33. The van der Waals surface area contributed by atoms with E-state index in [4.69, 9.17) is 4.42 Å². The van der Waals surface area contributed by atoms with Gasteiger partial charge in [-0.1, -0.05) is 11.8 Å². The van der Waals surface area contributed by atoms with Gasteiger partial charge in [-0.05, 0) is 19.1 Å². The molecule has 0 aliphatic carbocycles. The van der Waals surface area contributed by atoms with Crippen LogP contribution in [0.3, 0.4) is 0 Å². The van der Waals surface area contributed by atoms with Gasteiger partial charge in [0.1, 0.15) is 10.1 Å². The molecule has 2 rings (SSSR count). The van der Waals surface area contributed by atoms with E-state index in [2.05, 4.69) is 17.2 Å². The van der Waals surface area contributed by atoms with Crippen molar-refractivity contribution < 1.29 is 4.42 Å². The summed E-state index contributed by atoms with van der Waals surface area (Å²) in [5.74, 6) is 2.01. The van der Waals surface area contributed by atoms with Gasteiger partial charge in [-0.3, -0.25) is 0 Å². The Labute approximate surface area is 103 Å². The Bertz CT molecular complexity index is 386. The SMILES string of the molecule is CC(NCCSc1nccs1)c1ccco1. The largest absolute Gasteiger partial charge is 0.468 e. The van der Waals surface area contributed by atoms with E-state index in [-0.39, 0.29) is 6.04 Å². The van der Waals surface area contributed by atoms with Crippen LogP contribution in [0.15, 0.2) is 38.7 Å². The lowest BCUT2D eigenvalue weighted by Crippen LogP contribution is -2.20. The van der Waals surface area contributed by atoms with Crippen molar-refractivity contribution in [1.82, 2.24) is 10.3 Å². The molecule has 0 saturated carbocycles. The summed E-state index contributed by atoms with van der Waals surface area (Å²) in [6.45, 7) is 3.05. The fraction of sp³-hybridized carbons (Fsp3) is 0.364. The average molecular weight is 254 g/mol. The van der Waals surface area contributed by atoms with Gasteiger partial charge in [0, 0.05) is 23.9 Å². The maximum absolute atomic E-state index is 5.32. The molecule has 0 bridgehead atoms. The molecule has 0 aromatic carbocycles. The normalized spacial score (nSPS) is 12.8. The first-order valence-corrected chi connectivity index (χ1v) is 7.02. The average Bonchev–Trinajstić information content (AvgIpc) is 2.96. The molecule has 1 N–H and O–H groups in total. The van der Waals surface area contributed by atoms with E-state index >= 15 is 0 Å². The zero-order valence-electron chi connectivity index (χ0n) is 9.05. The van der Waals surface area contributed by atoms with Crippen LogP contribution in [0.5, 0.6) is 0 Å². The highest BCUT2D eigenvalue weighted by molar-refractivity contribution is 8.01. The fourth-order valence-corrected chi connectivity index (χ4v) is 2.91. The summed E-state index contributed by atoms with van der Waals surface area (Å²) >= 11 is 3.47. The van der Waals surface area contributed by atoms with Gasteiger partial charge in [0.25, 0.3) is 0 Å². The van der Waals surface area contributed by atoms with E-state index in [0.29, 0.717) is 0 Å². The molecule has 86 valence electrons. The number of hydrogen-bond donors (Lipinski definition) is 1. The molecule has 16 heavy (non-hydrogen) atoms. The van der Waals surface area contributed by atoms with Crippen molar-refractivity contribution in [3.63, 3.8) is 0 Å². The number of nitrogens with one attached hydrogen (secondary N) is 1. The summed E-state index contributed by atoms with van der Waals surface area (Å²) in [5, 5.41) is 5.41. The van der Waals surface area contributed by atoms with Crippen molar-refractivity contribution in [1.29, 1.82) is 0 Å². The first-order valence-electron chi connectivity index (χ1n) is 5.15. The first kappa shape index (κ1) is 11.7. The van der Waals surface area contributed by atoms with Crippen LogP contribution >= 0.6 is 23.1 Å². The van der Waals surface area contributed by atoms with Crippen LogP contribution in [0.1, 0.15) is 18.7 Å². The number of aromatic nitrogens is 1. The maximum Gasteiger partial charge on any atom is 0.149 e. The maximum atomic E-state index is 5.32. The summed E-state index contributed by atoms with van der Waals surface area (Å²) in [6.07, 6.45) is 3.55. The molecule has 1 unspecified atom stereocenters. The van der Waals surface area contributed by atoms with Gasteiger partial charge >= 0.3 is 0 Å². The predicted molar refractivity (Wildman–Crippen MR) is 68.0 cm³/mol. The molecular formula is C11H14N2OS2. The van der Waals surface area contributed by atoms with Gasteiger partial charge in [0.05, 0.1) is 12.3 Å². The molecule has 0 radical (unpaired) electrons. The molecule has 5 heteroatoms. The Hall–Kier alpha value is -0.780. The monoisotopic (exact) mass is 254 g/mol. The summed E-state index contributed by atoms with van der Waals surface area (Å²) in [4.78, 5) is 4.22. The van der Waals surface area contributed by atoms with Crippen LogP contribution in [0.4, 0.5) is 0 Å². The Morgan fingerprint density at radius 1 is 1.62 bits per heavy atom. The number of nitrogens with zero attached hydrogens (tertiary/aromatic N) is 1. The zero-order chi connectivity index (χ0) is 11.2. The number of thioether (sulfide) groups is 1. The summed E-state index contributed by atoms with van der Waals surface area (Å²) in [5.41, 5.74) is 0. The molecule has 0 amide bonds. The number of hydrogen-bond acceptors (Lipinski definition) is 5. The highest BCUT2D eigenvalue weighted by Gasteiger charge is 2.06. The van der Waals surface area contributed by atoms with Crippen LogP contribution in [-0.2, 0) is 0 Å². The quantitative estimate of drug-likeness (QED) is 0.634. The van der Waals surface area contributed by atoms with Crippen LogP contribution in [0, 0.1) is 0 Å². The second-order valence-electron chi connectivity index (χ2n) is 3.34. The lowest BCUT2D eigenvalue weighted by Gasteiger charge is -2.10. The van der Waals surface area contributed by atoms with Crippen LogP contribution in [-0.4, -0.2) is 17.3 Å². The van der Waals surface area contributed by atoms with E-state index in [9.17, 15) is 0 Å². The molecule has 0 aliphatic rings. The number of furan rings is 1. The van der Waals surface area contributed by atoms with Gasteiger partial charge < -0.3 is 9.73 Å². The molecular weight excluding hydrogens is 240 g/mol. The van der Waals surface area contributed by atoms with Gasteiger partial charge in [0.15, 0.2) is 0 Å². The Morgan fingerprint density at radius 3 is 3.25 bits per heavy atom. The molecule has 0 spiro atoms. The van der Waals surface area contributed by atoms with E-state index < -0.39 is 0 Å². The topological polar surface area (TPSA) is 38.1 Å². The number of thiazole rings is 1. The predicted octanol–water partition coefficient (Wildman–Crippen LogP) is 3.18. The highest BCUT2D eigenvalue weighted by Crippen LogP contribution is 2.19. The molecule has 0 aliphatic heterocycles. The number of rotatable bonds is 6. The molecule has 0 fully saturated rings. The van der Waals surface area contributed by atoms with E-state index in [0.717, 1.165) is 22.4 Å². The van der Waals surface area contributed by atoms with Crippen LogP contribution in [0.2, 0.25) is 0 Å². The second-order valence-corrected chi connectivity index (χ2v) is 5.57. The second kappa shape index (κ2) is 6.08. The molecule has 2 aromatic heterocycles. The van der Waals surface area contributed by atoms with E-state index in [1.165, 1.54) is 0 Å². The first-order chi connectivity index (χ1) is 7.86. The third kappa shape index (κ3) is 3.37. The van der Waals surface area contributed by atoms with Gasteiger partial charge in [-0.2, -0.15) is 0 Å². The summed E-state index contributed by atoms with van der Waals surface area (Å²) < 4.78 is 6.45. The Kier molecular flexibility index (Phi) is 4.44. The van der Waals surface area contributed by atoms with Crippen molar-refractivity contribution in [2.24, 2.45) is 0 Å². The lowest BCUT2D eigenvalue weighted by atomic mass is 10.2.